The lowest BCUT2D eigenvalue weighted by Gasteiger charge is -2.17. The van der Waals surface area contributed by atoms with Gasteiger partial charge >= 0.3 is 0 Å². The van der Waals surface area contributed by atoms with Gasteiger partial charge in [-0.05, 0) is 37.0 Å². The molecule has 1 aromatic carbocycles. The Balaban J connectivity index is 2.21. The van der Waals surface area contributed by atoms with Crippen LogP contribution in [0.4, 0.5) is 4.39 Å². The first kappa shape index (κ1) is 16.3. The molecule has 0 aromatic heterocycles. The summed E-state index contributed by atoms with van der Waals surface area (Å²) >= 11 is 4.73. The van der Waals surface area contributed by atoms with Gasteiger partial charge < -0.3 is 5.73 Å². The van der Waals surface area contributed by atoms with E-state index in [9.17, 15) is 12.8 Å². The number of thiocarbonyl (C=S) groups is 1. The highest BCUT2D eigenvalue weighted by molar-refractivity contribution is 7.89. The van der Waals surface area contributed by atoms with Crippen molar-refractivity contribution < 1.29 is 12.8 Å². The van der Waals surface area contributed by atoms with Crippen molar-refractivity contribution in [3.05, 3.63) is 29.6 Å². The summed E-state index contributed by atoms with van der Waals surface area (Å²) in [4.78, 5) is -0.171. The third kappa shape index (κ3) is 4.21. The van der Waals surface area contributed by atoms with Crippen LogP contribution in [0, 0.1) is 11.7 Å². The molecule has 4 nitrogen and oxygen atoms in total. The molecule has 1 saturated carbocycles. The third-order valence-corrected chi connectivity index (χ3v) is 5.38. The average molecular weight is 330 g/mol. The van der Waals surface area contributed by atoms with E-state index in [1.807, 2.05) is 6.92 Å². The van der Waals surface area contributed by atoms with E-state index in [1.165, 1.54) is 25.0 Å². The molecule has 1 aromatic rings. The minimum absolute atomic E-state index is 0.0130. The fraction of sp³-hybridized carbons (Fsp3) is 0.500. The van der Waals surface area contributed by atoms with E-state index in [0.29, 0.717) is 5.92 Å². The monoisotopic (exact) mass is 330 g/mol. The van der Waals surface area contributed by atoms with Crippen LogP contribution >= 0.6 is 12.2 Å². The summed E-state index contributed by atoms with van der Waals surface area (Å²) in [7, 11) is -3.69. The van der Waals surface area contributed by atoms with Gasteiger partial charge in [-0.15, -0.1) is 0 Å². The number of benzene rings is 1. The van der Waals surface area contributed by atoms with Gasteiger partial charge in [-0.3, -0.25) is 0 Å². The first-order chi connectivity index (χ1) is 9.83. The smallest absolute Gasteiger partial charge is 0.240 e. The highest BCUT2D eigenvalue weighted by Crippen LogP contribution is 2.34. The number of sulfonamides is 1. The molecule has 0 heterocycles. The highest BCUT2D eigenvalue weighted by atomic mass is 32.2. The van der Waals surface area contributed by atoms with Crippen molar-refractivity contribution in [1.29, 1.82) is 0 Å². The normalized spacial score (nSPS) is 16.7. The maximum absolute atomic E-state index is 13.5. The minimum atomic E-state index is -3.69. The maximum Gasteiger partial charge on any atom is 0.240 e. The lowest BCUT2D eigenvalue weighted by atomic mass is 10.1. The molecule has 21 heavy (non-hydrogen) atoms. The molecule has 0 spiro atoms. The third-order valence-electron chi connectivity index (χ3n) is 3.64. The molecule has 116 valence electrons. The molecule has 0 radical (unpaired) electrons. The van der Waals surface area contributed by atoms with E-state index in [4.69, 9.17) is 18.0 Å². The van der Waals surface area contributed by atoms with Gasteiger partial charge in [-0.25, -0.2) is 17.5 Å². The van der Waals surface area contributed by atoms with Crippen LogP contribution in [0.5, 0.6) is 0 Å². The quantitative estimate of drug-likeness (QED) is 0.753. The lowest BCUT2D eigenvalue weighted by molar-refractivity contribution is 0.495. The van der Waals surface area contributed by atoms with Crippen LogP contribution in [0.1, 0.15) is 38.2 Å². The van der Waals surface area contributed by atoms with Crippen LogP contribution in [0.25, 0.3) is 0 Å². The van der Waals surface area contributed by atoms with Crippen LogP contribution in [-0.4, -0.2) is 19.4 Å². The summed E-state index contributed by atoms with van der Waals surface area (Å²) in [5.41, 5.74) is 5.35. The Morgan fingerprint density at radius 1 is 1.52 bits per heavy atom. The molecule has 0 bridgehead atoms. The van der Waals surface area contributed by atoms with Crippen molar-refractivity contribution in [2.24, 2.45) is 11.7 Å². The molecule has 1 atom stereocenters. The lowest BCUT2D eigenvalue weighted by Crippen LogP contribution is -2.35. The van der Waals surface area contributed by atoms with E-state index in [0.717, 1.165) is 18.9 Å². The second-order valence-electron chi connectivity index (χ2n) is 5.41. The Morgan fingerprint density at radius 2 is 2.19 bits per heavy atom. The molecule has 1 aliphatic carbocycles. The van der Waals surface area contributed by atoms with Crippen molar-refractivity contribution in [1.82, 2.24) is 4.72 Å². The first-order valence-electron chi connectivity index (χ1n) is 6.95. The Kier molecular flexibility index (Phi) is 4.95. The second kappa shape index (κ2) is 6.37. The molecular weight excluding hydrogens is 311 g/mol. The zero-order valence-electron chi connectivity index (χ0n) is 11.8. The average Bonchev–Trinajstić information content (AvgIpc) is 3.21. The largest absolute Gasteiger partial charge is 0.389 e. The zero-order valence-corrected chi connectivity index (χ0v) is 13.4. The molecule has 1 fully saturated rings. The standard InChI is InChI=1S/C14H19FN2O2S2/c1-2-10(7-9-3-4-9)17-21(18,19)11-5-6-13(15)12(8-11)14(16)20/h5-6,8-10,17H,2-4,7H2,1H3,(H2,16,20). The fourth-order valence-corrected chi connectivity index (χ4v) is 3.72. The highest BCUT2D eigenvalue weighted by Gasteiger charge is 2.28. The minimum Gasteiger partial charge on any atom is -0.389 e. The molecular formula is C14H19FN2O2S2. The van der Waals surface area contributed by atoms with Crippen LogP contribution in [0.2, 0.25) is 0 Å². The molecule has 0 saturated heterocycles. The summed E-state index contributed by atoms with van der Waals surface area (Å²) in [6.45, 7) is 1.95. The van der Waals surface area contributed by atoms with Crippen LogP contribution in [0.3, 0.4) is 0 Å². The predicted molar refractivity (Wildman–Crippen MR) is 84.0 cm³/mol. The number of rotatable bonds is 7. The molecule has 3 N–H and O–H groups in total. The van der Waals surface area contributed by atoms with Gasteiger partial charge in [-0.1, -0.05) is 32.0 Å². The Bertz CT molecular complexity index is 642. The van der Waals surface area contributed by atoms with Gasteiger partial charge in [0, 0.05) is 11.6 Å². The van der Waals surface area contributed by atoms with Crippen molar-refractivity contribution >= 4 is 27.2 Å². The molecule has 2 rings (SSSR count). The van der Waals surface area contributed by atoms with Gasteiger partial charge in [0.25, 0.3) is 0 Å². The number of hydrogen-bond acceptors (Lipinski definition) is 3. The molecule has 7 heteroatoms. The van der Waals surface area contributed by atoms with Gasteiger partial charge in [0.15, 0.2) is 0 Å². The van der Waals surface area contributed by atoms with Crippen molar-refractivity contribution in [3.8, 4) is 0 Å². The SMILES string of the molecule is CCC(CC1CC1)NS(=O)(=O)c1ccc(F)c(C(N)=S)c1. The number of nitrogens with one attached hydrogen (secondary N) is 1. The first-order valence-corrected chi connectivity index (χ1v) is 8.84. The second-order valence-corrected chi connectivity index (χ2v) is 7.57. The summed E-state index contributed by atoms with van der Waals surface area (Å²) in [6, 6.07) is 3.39. The molecule has 0 amide bonds. The maximum atomic E-state index is 13.5. The Morgan fingerprint density at radius 3 is 2.71 bits per heavy atom. The van der Waals surface area contributed by atoms with Gasteiger partial charge in [0.1, 0.15) is 10.8 Å². The molecule has 1 aliphatic rings. The van der Waals surface area contributed by atoms with E-state index >= 15 is 0 Å². The topological polar surface area (TPSA) is 72.2 Å². The summed E-state index contributed by atoms with van der Waals surface area (Å²) < 4.78 is 41.0. The Hall–Kier alpha value is -1.05. The molecule has 0 aliphatic heterocycles. The van der Waals surface area contributed by atoms with Crippen LogP contribution < -0.4 is 10.5 Å². The van der Waals surface area contributed by atoms with Crippen LogP contribution in [-0.2, 0) is 10.0 Å². The van der Waals surface area contributed by atoms with Gasteiger partial charge in [-0.2, -0.15) is 0 Å². The van der Waals surface area contributed by atoms with Gasteiger partial charge in [0.2, 0.25) is 10.0 Å². The van der Waals surface area contributed by atoms with E-state index in [2.05, 4.69) is 4.72 Å². The van der Waals surface area contributed by atoms with Crippen molar-refractivity contribution in [3.63, 3.8) is 0 Å². The van der Waals surface area contributed by atoms with Crippen molar-refractivity contribution in [2.75, 3.05) is 0 Å². The summed E-state index contributed by atoms with van der Waals surface area (Å²) in [5.74, 6) is 0.00419. The number of halogens is 1. The van der Waals surface area contributed by atoms with Crippen LogP contribution in [0.15, 0.2) is 23.1 Å². The summed E-state index contributed by atoms with van der Waals surface area (Å²) in [5, 5.41) is 0. The zero-order chi connectivity index (χ0) is 15.6. The van der Waals surface area contributed by atoms with E-state index in [-0.39, 0.29) is 21.5 Å². The van der Waals surface area contributed by atoms with Gasteiger partial charge in [0.05, 0.1) is 4.90 Å². The molecule has 1 unspecified atom stereocenters. The van der Waals surface area contributed by atoms with E-state index in [1.54, 1.807) is 0 Å². The van der Waals surface area contributed by atoms with E-state index < -0.39 is 15.8 Å². The Labute approximate surface area is 130 Å². The summed E-state index contributed by atoms with van der Waals surface area (Å²) in [6.07, 6.45) is 3.90. The number of hydrogen-bond donors (Lipinski definition) is 2. The predicted octanol–water partition coefficient (Wildman–Crippen LogP) is 2.32. The number of nitrogens with two attached hydrogens (primary N) is 1. The fourth-order valence-electron chi connectivity index (χ4n) is 2.20. The van der Waals surface area contributed by atoms with Crippen molar-refractivity contribution in [2.45, 2.75) is 43.5 Å².